The highest BCUT2D eigenvalue weighted by atomic mass is 16.4. The Morgan fingerprint density at radius 1 is 1.00 bits per heavy atom. The van der Waals surface area contributed by atoms with Gasteiger partial charge in [0.25, 0.3) is 0 Å². The van der Waals surface area contributed by atoms with Crippen molar-refractivity contribution in [1.29, 1.82) is 0 Å². The van der Waals surface area contributed by atoms with Crippen LogP contribution in [0.5, 0.6) is 0 Å². The van der Waals surface area contributed by atoms with Gasteiger partial charge in [0.05, 0.1) is 24.2 Å². The molecule has 5 rings (SSSR count). The van der Waals surface area contributed by atoms with Crippen molar-refractivity contribution in [2.24, 2.45) is 56.7 Å². The summed E-state index contributed by atoms with van der Waals surface area (Å²) in [7, 11) is 0. The zero-order chi connectivity index (χ0) is 25.8. The molecule has 0 aromatic rings. The minimum atomic E-state index is -0.907. The quantitative estimate of drug-likeness (QED) is 0.409. The Balaban J connectivity index is 1.62. The number of aliphatic hydroxyl groups excluding tert-OH is 3. The van der Waals surface area contributed by atoms with Crippen LogP contribution in [-0.2, 0) is 4.79 Å². The van der Waals surface area contributed by atoms with Crippen LogP contribution in [0.1, 0.15) is 92.9 Å². The summed E-state index contributed by atoms with van der Waals surface area (Å²) < 4.78 is 0. The highest BCUT2D eigenvalue weighted by molar-refractivity contribution is 5.76. The standard InChI is InChI=1S/C30H48O5/c1-17-9-12-30(25(34)35)14-13-28(5)19(23(30)18(17)2)7-8-22-26(3)15-20(32)24(33)27(4,16-31)21(26)10-11-29(22,28)6/h7,17-18,20-24,31-33H,8-16H2,1-6H3,(H,34,35)/t17-,18+,20-,21-,22-,23+,24+,26+,27-,28-,29-,30+/m1/s1. The number of rotatable bonds is 2. The van der Waals surface area contributed by atoms with Gasteiger partial charge >= 0.3 is 5.97 Å². The van der Waals surface area contributed by atoms with Crippen LogP contribution in [0, 0.1) is 56.7 Å². The number of aliphatic hydroxyl groups is 3. The lowest BCUT2D eigenvalue weighted by Gasteiger charge is -2.71. The fourth-order valence-corrected chi connectivity index (χ4v) is 11.0. The molecule has 0 unspecified atom stereocenters. The van der Waals surface area contributed by atoms with Gasteiger partial charge in [-0.1, -0.05) is 53.2 Å². The van der Waals surface area contributed by atoms with Crippen molar-refractivity contribution in [3.05, 3.63) is 11.6 Å². The molecule has 0 bridgehead atoms. The highest BCUT2D eigenvalue weighted by Crippen LogP contribution is 2.75. The molecule has 0 aromatic heterocycles. The lowest BCUT2D eigenvalue weighted by Crippen LogP contribution is -2.68. The molecular weight excluding hydrogens is 440 g/mol. The topological polar surface area (TPSA) is 98.0 Å². The molecule has 12 atom stereocenters. The van der Waals surface area contributed by atoms with E-state index in [9.17, 15) is 25.2 Å². The third-order valence-corrected chi connectivity index (χ3v) is 13.5. The molecule has 4 N–H and O–H groups in total. The van der Waals surface area contributed by atoms with Crippen molar-refractivity contribution in [2.45, 2.75) is 105 Å². The number of hydrogen-bond donors (Lipinski definition) is 4. The highest BCUT2D eigenvalue weighted by Gasteiger charge is 2.70. The van der Waals surface area contributed by atoms with Gasteiger partial charge < -0.3 is 20.4 Å². The summed E-state index contributed by atoms with van der Waals surface area (Å²) in [6.07, 6.45) is 7.51. The smallest absolute Gasteiger partial charge is 0.310 e. The van der Waals surface area contributed by atoms with Crippen molar-refractivity contribution >= 4 is 5.97 Å². The number of hydrogen-bond acceptors (Lipinski definition) is 4. The SMILES string of the molecule is C[C@H]1[C@H](C)CC[C@]2(C(=O)O)CC[C@]3(C)C(=CC[C@@H]4[C@@]5(C)C[C@@H](O)[C@H](O)[C@](C)(CO)[C@@H]5CC[C@]43C)[C@H]12. The fraction of sp³-hybridized carbons (Fsp3) is 0.900. The molecule has 198 valence electrons. The second kappa shape index (κ2) is 7.80. The van der Waals surface area contributed by atoms with Crippen LogP contribution >= 0.6 is 0 Å². The van der Waals surface area contributed by atoms with Crippen LogP contribution in [0.15, 0.2) is 11.6 Å². The second-order valence-corrected chi connectivity index (χ2v) is 14.5. The lowest BCUT2D eigenvalue weighted by atomic mass is 9.33. The third-order valence-electron chi connectivity index (χ3n) is 13.5. The van der Waals surface area contributed by atoms with Crippen molar-refractivity contribution in [1.82, 2.24) is 0 Å². The van der Waals surface area contributed by atoms with Gasteiger partial charge in [-0.05, 0) is 97.2 Å². The van der Waals surface area contributed by atoms with Gasteiger partial charge in [0.15, 0.2) is 0 Å². The predicted molar refractivity (Wildman–Crippen MR) is 135 cm³/mol. The molecule has 35 heavy (non-hydrogen) atoms. The molecule has 0 saturated heterocycles. The Morgan fingerprint density at radius 2 is 1.69 bits per heavy atom. The van der Waals surface area contributed by atoms with E-state index < -0.39 is 29.0 Å². The third kappa shape index (κ3) is 2.95. The average molecular weight is 489 g/mol. The van der Waals surface area contributed by atoms with Crippen LogP contribution in [0.25, 0.3) is 0 Å². The van der Waals surface area contributed by atoms with Crippen molar-refractivity contribution in [3.63, 3.8) is 0 Å². The average Bonchev–Trinajstić information content (AvgIpc) is 2.80. The Bertz CT molecular complexity index is 930. The number of carboxylic acids is 1. The van der Waals surface area contributed by atoms with Gasteiger partial charge in [-0.3, -0.25) is 4.79 Å². The van der Waals surface area contributed by atoms with E-state index in [1.165, 1.54) is 5.57 Å². The Hall–Kier alpha value is -0.910. The molecule has 5 nitrogen and oxygen atoms in total. The van der Waals surface area contributed by atoms with E-state index in [4.69, 9.17) is 0 Å². The minimum Gasteiger partial charge on any atom is -0.481 e. The molecule has 0 radical (unpaired) electrons. The molecule has 5 heteroatoms. The van der Waals surface area contributed by atoms with Gasteiger partial charge in [0.1, 0.15) is 0 Å². The van der Waals surface area contributed by atoms with Crippen molar-refractivity contribution < 1.29 is 25.2 Å². The van der Waals surface area contributed by atoms with Gasteiger partial charge in [-0.15, -0.1) is 0 Å². The normalized spacial score (nSPS) is 57.7. The summed E-state index contributed by atoms with van der Waals surface area (Å²) in [5.74, 6) is 0.828. The van der Waals surface area contributed by atoms with Gasteiger partial charge in [-0.25, -0.2) is 0 Å². The molecule has 0 spiro atoms. The number of allylic oxidation sites excluding steroid dienone is 2. The number of fused-ring (bicyclic) bond motifs is 7. The van der Waals surface area contributed by atoms with E-state index in [0.29, 0.717) is 24.2 Å². The second-order valence-electron chi connectivity index (χ2n) is 14.5. The summed E-state index contributed by atoms with van der Waals surface area (Å²) in [6.45, 7) is 13.6. The van der Waals surface area contributed by atoms with Crippen LogP contribution in [-0.4, -0.2) is 45.2 Å². The molecular formula is C30H48O5. The maximum Gasteiger partial charge on any atom is 0.310 e. The maximum absolute atomic E-state index is 12.8. The van der Waals surface area contributed by atoms with Crippen molar-refractivity contribution in [2.75, 3.05) is 6.61 Å². The number of carbonyl (C=O) groups is 1. The van der Waals surface area contributed by atoms with Gasteiger partial charge in [-0.2, -0.15) is 0 Å². The van der Waals surface area contributed by atoms with E-state index in [2.05, 4.69) is 40.7 Å². The summed E-state index contributed by atoms with van der Waals surface area (Å²) in [6, 6.07) is 0. The molecule has 5 aliphatic rings. The first-order chi connectivity index (χ1) is 16.2. The largest absolute Gasteiger partial charge is 0.481 e. The molecule has 0 aliphatic heterocycles. The first-order valence-corrected chi connectivity index (χ1v) is 14.1. The summed E-state index contributed by atoms with van der Waals surface area (Å²) in [5.41, 5.74) is -0.214. The molecule has 0 aromatic carbocycles. The summed E-state index contributed by atoms with van der Waals surface area (Å²) >= 11 is 0. The molecule has 5 aliphatic carbocycles. The molecule has 0 heterocycles. The zero-order valence-electron chi connectivity index (χ0n) is 22.7. The van der Waals surface area contributed by atoms with Crippen LogP contribution < -0.4 is 0 Å². The van der Waals surface area contributed by atoms with E-state index in [0.717, 1.165) is 44.9 Å². The Morgan fingerprint density at radius 3 is 2.31 bits per heavy atom. The molecule has 4 fully saturated rings. The van der Waals surface area contributed by atoms with Crippen molar-refractivity contribution in [3.8, 4) is 0 Å². The zero-order valence-corrected chi connectivity index (χ0v) is 22.7. The summed E-state index contributed by atoms with van der Waals surface area (Å²) in [5, 5.41) is 42.9. The fourth-order valence-electron chi connectivity index (χ4n) is 11.0. The van der Waals surface area contributed by atoms with E-state index in [1.807, 2.05) is 6.92 Å². The minimum absolute atomic E-state index is 0.00815. The lowest BCUT2D eigenvalue weighted by molar-refractivity contribution is -0.244. The van der Waals surface area contributed by atoms with Gasteiger partial charge in [0.2, 0.25) is 0 Å². The van der Waals surface area contributed by atoms with E-state index in [-0.39, 0.29) is 34.7 Å². The first kappa shape index (κ1) is 25.7. The number of aliphatic carboxylic acids is 1. The monoisotopic (exact) mass is 488 g/mol. The Labute approximate surface area is 211 Å². The predicted octanol–water partition coefficient (Wildman–Crippen LogP) is 5.03. The van der Waals surface area contributed by atoms with Crippen LogP contribution in [0.3, 0.4) is 0 Å². The number of carboxylic acid groups (broad SMARTS) is 1. The van der Waals surface area contributed by atoms with Gasteiger partial charge in [0, 0.05) is 5.41 Å². The van der Waals surface area contributed by atoms with Crippen LogP contribution in [0.2, 0.25) is 0 Å². The summed E-state index contributed by atoms with van der Waals surface area (Å²) in [4.78, 5) is 12.8. The maximum atomic E-state index is 12.8. The first-order valence-electron chi connectivity index (χ1n) is 14.1. The van der Waals surface area contributed by atoms with E-state index in [1.54, 1.807) is 0 Å². The van der Waals surface area contributed by atoms with E-state index >= 15 is 0 Å². The molecule has 0 amide bonds. The molecule has 4 saturated carbocycles. The van der Waals surface area contributed by atoms with Crippen LogP contribution in [0.4, 0.5) is 0 Å². The Kier molecular flexibility index (Phi) is 5.73.